The minimum absolute atomic E-state index is 0.0316. The summed E-state index contributed by atoms with van der Waals surface area (Å²) in [5.74, 6) is -0.114. The van der Waals surface area contributed by atoms with Crippen LogP contribution < -0.4 is 10.9 Å². The molecule has 5 rings (SSSR count). The number of benzene rings is 1. The van der Waals surface area contributed by atoms with E-state index in [2.05, 4.69) is 10.9 Å². The molecule has 0 bridgehead atoms. The lowest BCUT2D eigenvalue weighted by Crippen LogP contribution is -2.60. The normalized spacial score (nSPS) is 27.8. The molecule has 2 heterocycles. The van der Waals surface area contributed by atoms with E-state index in [9.17, 15) is 18.8 Å². The second-order valence-corrected chi connectivity index (χ2v) is 10.8. The SMILES string of the molecule is O=C1NNC(Cc2ccc(F)c(C(=O)N3CCN(C(=O)C4CCCCC4)CC3)c2)C2CCCCC12. The lowest BCUT2D eigenvalue weighted by molar-refractivity contribution is -0.138. The summed E-state index contributed by atoms with van der Waals surface area (Å²) in [4.78, 5) is 41.9. The van der Waals surface area contributed by atoms with Gasteiger partial charge in [-0.05, 0) is 55.7 Å². The first kappa shape index (κ1) is 24.2. The van der Waals surface area contributed by atoms with Crippen molar-refractivity contribution in [3.63, 3.8) is 0 Å². The molecule has 2 N–H and O–H groups in total. The molecule has 2 saturated heterocycles. The van der Waals surface area contributed by atoms with E-state index >= 15 is 0 Å². The molecule has 0 spiro atoms. The maximum absolute atomic E-state index is 14.7. The number of hydrogen-bond donors (Lipinski definition) is 2. The Kier molecular flexibility index (Phi) is 7.37. The van der Waals surface area contributed by atoms with Gasteiger partial charge in [0.15, 0.2) is 0 Å². The van der Waals surface area contributed by atoms with Crippen LogP contribution in [0.25, 0.3) is 0 Å². The van der Waals surface area contributed by atoms with Gasteiger partial charge in [0.25, 0.3) is 5.91 Å². The second-order valence-electron chi connectivity index (χ2n) is 10.8. The van der Waals surface area contributed by atoms with Gasteiger partial charge >= 0.3 is 0 Å². The standard InChI is InChI=1S/C27H37FN4O3/c28-23-11-10-18(17-24-20-8-4-5-9-21(20)25(33)30-29-24)16-22(23)27(35)32-14-12-31(13-15-32)26(34)19-6-2-1-3-7-19/h10-11,16,19-21,24,29H,1-9,12-15,17H2,(H,30,33). The zero-order valence-corrected chi connectivity index (χ0v) is 20.4. The van der Waals surface area contributed by atoms with E-state index < -0.39 is 5.82 Å². The predicted octanol–water partition coefficient (Wildman–Crippen LogP) is 3.04. The summed E-state index contributed by atoms with van der Waals surface area (Å²) in [7, 11) is 0. The molecule has 0 aromatic heterocycles. The number of nitrogens with one attached hydrogen (secondary N) is 2. The summed E-state index contributed by atoms with van der Waals surface area (Å²) in [6.07, 6.45) is 10.1. The molecule has 35 heavy (non-hydrogen) atoms. The molecule has 1 aromatic carbocycles. The number of nitrogens with zero attached hydrogens (tertiary/aromatic N) is 2. The quantitative estimate of drug-likeness (QED) is 0.688. The third kappa shape index (κ3) is 5.22. The van der Waals surface area contributed by atoms with E-state index in [0.29, 0.717) is 32.6 Å². The summed E-state index contributed by atoms with van der Waals surface area (Å²) in [5.41, 5.74) is 6.96. The van der Waals surface area contributed by atoms with Crippen molar-refractivity contribution in [1.82, 2.24) is 20.7 Å². The second kappa shape index (κ2) is 10.6. The fraction of sp³-hybridized carbons (Fsp3) is 0.667. The topological polar surface area (TPSA) is 81.8 Å². The lowest BCUT2D eigenvalue weighted by atomic mass is 9.72. The zero-order valence-electron chi connectivity index (χ0n) is 20.4. The van der Waals surface area contributed by atoms with E-state index in [1.54, 1.807) is 17.0 Å². The van der Waals surface area contributed by atoms with Crippen LogP contribution in [0.5, 0.6) is 0 Å². The Labute approximate surface area is 206 Å². The molecule has 0 radical (unpaired) electrons. The monoisotopic (exact) mass is 484 g/mol. The molecular formula is C27H37FN4O3. The Bertz CT molecular complexity index is 956. The van der Waals surface area contributed by atoms with Gasteiger partial charge in [-0.2, -0.15) is 0 Å². The molecule has 190 valence electrons. The summed E-state index contributed by atoms with van der Waals surface area (Å²) >= 11 is 0. The summed E-state index contributed by atoms with van der Waals surface area (Å²) < 4.78 is 14.7. The van der Waals surface area contributed by atoms with Gasteiger partial charge in [-0.15, -0.1) is 0 Å². The number of halogens is 1. The zero-order chi connectivity index (χ0) is 24.4. The molecule has 2 saturated carbocycles. The first-order valence-electron chi connectivity index (χ1n) is 13.4. The molecule has 2 aliphatic heterocycles. The average molecular weight is 485 g/mol. The van der Waals surface area contributed by atoms with Crippen LogP contribution in [0.4, 0.5) is 4.39 Å². The van der Waals surface area contributed by atoms with Crippen LogP contribution in [-0.4, -0.2) is 59.7 Å². The fourth-order valence-corrected chi connectivity index (χ4v) is 6.56. The number of carbonyl (C=O) groups excluding carboxylic acids is 3. The van der Waals surface area contributed by atoms with Crippen LogP contribution in [0, 0.1) is 23.6 Å². The molecule has 3 atom stereocenters. The van der Waals surface area contributed by atoms with Crippen molar-refractivity contribution in [2.75, 3.05) is 26.2 Å². The maximum Gasteiger partial charge on any atom is 0.256 e. The first-order valence-corrected chi connectivity index (χ1v) is 13.4. The van der Waals surface area contributed by atoms with E-state index in [-0.39, 0.29) is 47.1 Å². The predicted molar refractivity (Wildman–Crippen MR) is 130 cm³/mol. The van der Waals surface area contributed by atoms with Crippen molar-refractivity contribution < 1.29 is 18.8 Å². The molecule has 2 aliphatic carbocycles. The Hall–Kier alpha value is -2.48. The average Bonchev–Trinajstić information content (AvgIpc) is 2.91. The molecule has 7 nitrogen and oxygen atoms in total. The number of rotatable bonds is 4. The van der Waals surface area contributed by atoms with Gasteiger partial charge in [-0.1, -0.05) is 38.2 Å². The number of fused-ring (bicyclic) bond motifs is 1. The molecule has 3 amide bonds. The first-order chi connectivity index (χ1) is 17.0. The Morgan fingerprint density at radius 2 is 1.60 bits per heavy atom. The van der Waals surface area contributed by atoms with Crippen molar-refractivity contribution in [3.8, 4) is 0 Å². The summed E-state index contributed by atoms with van der Waals surface area (Å²) in [5, 5.41) is 0. The number of amides is 3. The molecule has 4 aliphatic rings. The van der Waals surface area contributed by atoms with E-state index in [1.807, 2.05) is 4.90 Å². The van der Waals surface area contributed by atoms with Gasteiger partial charge < -0.3 is 9.80 Å². The molecular weight excluding hydrogens is 447 g/mol. The lowest BCUT2D eigenvalue weighted by Gasteiger charge is -2.41. The Morgan fingerprint density at radius 3 is 2.37 bits per heavy atom. The third-order valence-corrected chi connectivity index (χ3v) is 8.60. The minimum Gasteiger partial charge on any atom is -0.339 e. The highest BCUT2D eigenvalue weighted by Gasteiger charge is 2.40. The van der Waals surface area contributed by atoms with Gasteiger partial charge in [-0.25, -0.2) is 9.82 Å². The minimum atomic E-state index is -0.514. The van der Waals surface area contributed by atoms with Crippen molar-refractivity contribution in [1.29, 1.82) is 0 Å². The summed E-state index contributed by atoms with van der Waals surface area (Å²) in [6.45, 7) is 1.89. The van der Waals surface area contributed by atoms with Gasteiger partial charge in [0.2, 0.25) is 11.8 Å². The van der Waals surface area contributed by atoms with E-state index in [0.717, 1.165) is 56.9 Å². The highest BCUT2D eigenvalue weighted by molar-refractivity contribution is 5.95. The smallest absolute Gasteiger partial charge is 0.256 e. The van der Waals surface area contributed by atoms with E-state index in [1.165, 1.54) is 12.5 Å². The van der Waals surface area contributed by atoms with Crippen LogP contribution in [0.3, 0.4) is 0 Å². The van der Waals surface area contributed by atoms with Gasteiger partial charge in [0.1, 0.15) is 5.82 Å². The summed E-state index contributed by atoms with van der Waals surface area (Å²) in [6, 6.07) is 4.86. The molecule has 4 fully saturated rings. The molecule has 3 unspecified atom stereocenters. The third-order valence-electron chi connectivity index (χ3n) is 8.60. The van der Waals surface area contributed by atoms with Crippen LogP contribution in [0.2, 0.25) is 0 Å². The van der Waals surface area contributed by atoms with Gasteiger partial charge in [0.05, 0.1) is 5.56 Å². The molecule has 1 aromatic rings. The molecule has 8 heteroatoms. The number of hydrogen-bond acceptors (Lipinski definition) is 4. The number of piperazine rings is 1. The number of hydrazine groups is 1. The van der Waals surface area contributed by atoms with Crippen molar-refractivity contribution in [2.45, 2.75) is 70.3 Å². The van der Waals surface area contributed by atoms with Gasteiger partial charge in [0, 0.05) is 44.1 Å². The van der Waals surface area contributed by atoms with Crippen molar-refractivity contribution in [2.24, 2.45) is 17.8 Å². The van der Waals surface area contributed by atoms with Crippen LogP contribution >= 0.6 is 0 Å². The fourth-order valence-electron chi connectivity index (χ4n) is 6.56. The number of carbonyl (C=O) groups is 3. The van der Waals surface area contributed by atoms with E-state index in [4.69, 9.17) is 0 Å². The largest absolute Gasteiger partial charge is 0.339 e. The van der Waals surface area contributed by atoms with Crippen LogP contribution in [0.1, 0.15) is 73.7 Å². The Morgan fingerprint density at radius 1 is 0.914 bits per heavy atom. The highest BCUT2D eigenvalue weighted by Crippen LogP contribution is 2.35. The Balaban J connectivity index is 1.21. The maximum atomic E-state index is 14.7. The van der Waals surface area contributed by atoms with Crippen LogP contribution in [-0.2, 0) is 16.0 Å². The van der Waals surface area contributed by atoms with Crippen molar-refractivity contribution >= 4 is 17.7 Å². The van der Waals surface area contributed by atoms with Crippen LogP contribution in [0.15, 0.2) is 18.2 Å². The van der Waals surface area contributed by atoms with Gasteiger partial charge in [-0.3, -0.25) is 19.8 Å². The highest BCUT2D eigenvalue weighted by atomic mass is 19.1. The van der Waals surface area contributed by atoms with Crippen molar-refractivity contribution in [3.05, 3.63) is 35.1 Å².